The van der Waals surface area contributed by atoms with E-state index in [0.717, 1.165) is 24.9 Å². The maximum absolute atomic E-state index is 13.3. The van der Waals surface area contributed by atoms with Gasteiger partial charge in [0.25, 0.3) is 0 Å². The number of aliphatic hydroxyl groups excluding tert-OH is 1. The van der Waals surface area contributed by atoms with E-state index in [2.05, 4.69) is 18.4 Å². The van der Waals surface area contributed by atoms with Crippen LogP contribution in [0.15, 0.2) is 35.7 Å². The van der Waals surface area contributed by atoms with Gasteiger partial charge in [0, 0.05) is 24.6 Å². The third-order valence-corrected chi connectivity index (χ3v) is 6.52. The third-order valence-electron chi connectivity index (χ3n) is 5.52. The Kier molecular flexibility index (Phi) is 9.47. The molecule has 0 aliphatic carbocycles. The first-order chi connectivity index (χ1) is 15.5. The van der Waals surface area contributed by atoms with Gasteiger partial charge in [0.1, 0.15) is 18.2 Å². The number of hydrogen-bond acceptors (Lipinski definition) is 6. The second kappa shape index (κ2) is 12.3. The Morgan fingerprint density at radius 1 is 1.31 bits per heavy atom. The molecular formula is C24H33FN2O4S. The lowest BCUT2D eigenvalue weighted by atomic mass is 10.0. The Bertz CT molecular complexity index is 845. The van der Waals surface area contributed by atoms with Crippen LogP contribution in [0, 0.1) is 5.82 Å². The van der Waals surface area contributed by atoms with E-state index in [4.69, 9.17) is 9.47 Å². The number of benzene rings is 1. The largest absolute Gasteiger partial charge is 0.491 e. The van der Waals surface area contributed by atoms with Gasteiger partial charge in [-0.15, -0.1) is 11.3 Å². The minimum atomic E-state index is -0.628. The lowest BCUT2D eigenvalue weighted by Gasteiger charge is -2.37. The van der Waals surface area contributed by atoms with E-state index in [9.17, 15) is 14.3 Å². The van der Waals surface area contributed by atoms with Crippen LogP contribution in [-0.2, 0) is 16.0 Å². The summed E-state index contributed by atoms with van der Waals surface area (Å²) in [6.45, 7) is 7.07. The SMILES string of the molecule is CCCN(CC(=O)N1CCc2sccc2C1COc1ccc(F)cc1)CC(O)COCC. The van der Waals surface area contributed by atoms with Crippen molar-refractivity contribution < 1.29 is 23.8 Å². The minimum Gasteiger partial charge on any atom is -0.491 e. The zero-order valence-electron chi connectivity index (χ0n) is 18.8. The number of thiophene rings is 1. The summed E-state index contributed by atoms with van der Waals surface area (Å²) in [5, 5.41) is 12.3. The zero-order chi connectivity index (χ0) is 22.9. The number of nitrogens with zero attached hydrogens (tertiary/aromatic N) is 2. The average molecular weight is 465 g/mol. The van der Waals surface area contributed by atoms with Crippen LogP contribution in [0.1, 0.15) is 36.8 Å². The summed E-state index contributed by atoms with van der Waals surface area (Å²) in [5.74, 6) is 0.286. The van der Waals surface area contributed by atoms with Gasteiger partial charge < -0.3 is 19.5 Å². The zero-order valence-corrected chi connectivity index (χ0v) is 19.7. The summed E-state index contributed by atoms with van der Waals surface area (Å²) in [7, 11) is 0. The lowest BCUT2D eigenvalue weighted by molar-refractivity contribution is -0.136. The van der Waals surface area contributed by atoms with Gasteiger partial charge in [-0.1, -0.05) is 6.92 Å². The monoisotopic (exact) mass is 464 g/mol. The predicted molar refractivity (Wildman–Crippen MR) is 124 cm³/mol. The van der Waals surface area contributed by atoms with Crippen LogP contribution in [0.2, 0.25) is 0 Å². The van der Waals surface area contributed by atoms with Crippen LogP contribution in [0.25, 0.3) is 0 Å². The molecule has 1 aliphatic rings. The van der Waals surface area contributed by atoms with Gasteiger partial charge in [-0.25, -0.2) is 4.39 Å². The van der Waals surface area contributed by atoms with E-state index in [1.807, 2.05) is 16.7 Å². The summed E-state index contributed by atoms with van der Waals surface area (Å²) < 4.78 is 24.5. The van der Waals surface area contributed by atoms with Gasteiger partial charge in [-0.3, -0.25) is 9.69 Å². The maximum Gasteiger partial charge on any atom is 0.237 e. The molecule has 0 fully saturated rings. The van der Waals surface area contributed by atoms with Gasteiger partial charge in [0.05, 0.1) is 25.3 Å². The number of fused-ring (bicyclic) bond motifs is 1. The van der Waals surface area contributed by atoms with E-state index >= 15 is 0 Å². The van der Waals surface area contributed by atoms with Crippen molar-refractivity contribution in [2.45, 2.75) is 38.8 Å². The maximum atomic E-state index is 13.3. The molecule has 8 heteroatoms. The highest BCUT2D eigenvalue weighted by Crippen LogP contribution is 2.34. The molecule has 2 heterocycles. The molecule has 0 radical (unpaired) electrons. The van der Waals surface area contributed by atoms with Gasteiger partial charge in [0.2, 0.25) is 5.91 Å². The van der Waals surface area contributed by atoms with Crippen molar-refractivity contribution in [1.82, 2.24) is 9.80 Å². The fourth-order valence-corrected chi connectivity index (χ4v) is 4.95. The Balaban J connectivity index is 1.68. The summed E-state index contributed by atoms with van der Waals surface area (Å²) in [6, 6.07) is 7.80. The highest BCUT2D eigenvalue weighted by molar-refractivity contribution is 7.10. The van der Waals surface area contributed by atoms with Crippen LogP contribution in [-0.4, -0.2) is 72.9 Å². The van der Waals surface area contributed by atoms with E-state index in [1.165, 1.54) is 17.0 Å². The average Bonchev–Trinajstić information content (AvgIpc) is 3.26. The third kappa shape index (κ3) is 6.75. The molecular weight excluding hydrogens is 431 g/mol. The Morgan fingerprint density at radius 3 is 2.81 bits per heavy atom. The number of ether oxygens (including phenoxy) is 2. The fraction of sp³-hybridized carbons (Fsp3) is 0.542. The fourth-order valence-electron chi connectivity index (χ4n) is 4.02. The van der Waals surface area contributed by atoms with Crippen LogP contribution in [0.5, 0.6) is 5.75 Å². The Labute approximate surface area is 193 Å². The van der Waals surface area contributed by atoms with E-state index in [1.54, 1.807) is 23.5 Å². The summed E-state index contributed by atoms with van der Waals surface area (Å²) in [6.07, 6.45) is 1.09. The van der Waals surface area contributed by atoms with Crippen molar-refractivity contribution in [1.29, 1.82) is 0 Å². The quantitative estimate of drug-likeness (QED) is 0.521. The van der Waals surface area contributed by atoms with Crippen molar-refractivity contribution >= 4 is 17.2 Å². The summed E-state index contributed by atoms with van der Waals surface area (Å²) in [5.41, 5.74) is 1.12. The normalized spacial score (nSPS) is 16.8. The topological polar surface area (TPSA) is 62.2 Å². The number of aliphatic hydroxyl groups is 1. The molecule has 3 rings (SSSR count). The van der Waals surface area contributed by atoms with Crippen molar-refractivity contribution in [2.24, 2.45) is 0 Å². The van der Waals surface area contributed by atoms with Crippen molar-refractivity contribution in [3.8, 4) is 5.75 Å². The van der Waals surface area contributed by atoms with Crippen LogP contribution in [0.3, 0.4) is 0 Å². The Morgan fingerprint density at radius 2 is 2.09 bits per heavy atom. The number of rotatable bonds is 12. The molecule has 6 nitrogen and oxygen atoms in total. The molecule has 0 saturated heterocycles. The molecule has 0 spiro atoms. The second-order valence-corrected chi connectivity index (χ2v) is 8.97. The molecule has 32 heavy (non-hydrogen) atoms. The molecule has 1 N–H and O–H groups in total. The summed E-state index contributed by atoms with van der Waals surface area (Å²) >= 11 is 1.70. The first-order valence-electron chi connectivity index (χ1n) is 11.2. The van der Waals surface area contributed by atoms with Gasteiger partial charge >= 0.3 is 0 Å². The molecule has 0 bridgehead atoms. The van der Waals surface area contributed by atoms with Crippen molar-refractivity contribution in [3.05, 3.63) is 52.0 Å². The number of hydrogen-bond donors (Lipinski definition) is 1. The van der Waals surface area contributed by atoms with E-state index in [-0.39, 0.29) is 30.9 Å². The lowest BCUT2D eigenvalue weighted by Crippen LogP contribution is -2.48. The first-order valence-corrected chi connectivity index (χ1v) is 12.1. The Hall–Kier alpha value is -2.00. The molecule has 2 atom stereocenters. The second-order valence-electron chi connectivity index (χ2n) is 7.97. The molecule has 2 unspecified atom stereocenters. The van der Waals surface area contributed by atoms with Gasteiger partial charge in [-0.05, 0) is 67.6 Å². The number of halogens is 1. The van der Waals surface area contributed by atoms with Crippen molar-refractivity contribution in [3.63, 3.8) is 0 Å². The van der Waals surface area contributed by atoms with Gasteiger partial charge in [-0.2, -0.15) is 0 Å². The number of carbonyl (C=O) groups is 1. The molecule has 2 aromatic rings. The number of carbonyl (C=O) groups excluding carboxylic acids is 1. The van der Waals surface area contributed by atoms with E-state index < -0.39 is 6.10 Å². The summed E-state index contributed by atoms with van der Waals surface area (Å²) in [4.78, 5) is 18.5. The van der Waals surface area contributed by atoms with E-state index in [0.29, 0.717) is 32.1 Å². The molecule has 176 valence electrons. The van der Waals surface area contributed by atoms with Gasteiger partial charge in [0.15, 0.2) is 0 Å². The molecule has 1 aromatic heterocycles. The molecule has 1 aromatic carbocycles. The first kappa shape index (κ1) is 24.6. The minimum absolute atomic E-state index is 0.0200. The molecule has 1 aliphatic heterocycles. The van der Waals surface area contributed by atoms with Crippen LogP contribution >= 0.6 is 11.3 Å². The molecule has 0 saturated carbocycles. The van der Waals surface area contributed by atoms with Crippen LogP contribution < -0.4 is 4.74 Å². The highest BCUT2D eigenvalue weighted by Gasteiger charge is 2.33. The smallest absolute Gasteiger partial charge is 0.237 e. The van der Waals surface area contributed by atoms with Crippen LogP contribution in [0.4, 0.5) is 4.39 Å². The number of amides is 1. The molecule has 1 amide bonds. The van der Waals surface area contributed by atoms with Crippen molar-refractivity contribution in [2.75, 3.05) is 46.0 Å². The standard InChI is InChI=1S/C24H33FN2O4S/c1-3-11-26(14-19(28)16-30-4-2)15-24(29)27-12-9-23-21(10-13-32-23)22(27)17-31-20-7-5-18(25)6-8-20/h5-8,10,13,19,22,28H,3-4,9,11-12,14-17H2,1-2H3. The predicted octanol–water partition coefficient (Wildman–Crippen LogP) is 3.50. The highest BCUT2D eigenvalue weighted by atomic mass is 32.1.